The molecule has 0 aliphatic rings. The molecule has 0 aliphatic heterocycles. The van der Waals surface area contributed by atoms with E-state index >= 15 is 0 Å². The van der Waals surface area contributed by atoms with Crippen molar-refractivity contribution in [2.75, 3.05) is 0 Å². The summed E-state index contributed by atoms with van der Waals surface area (Å²) in [6.07, 6.45) is 3.97. The van der Waals surface area contributed by atoms with Gasteiger partial charge in [-0.1, -0.05) is 19.9 Å². The van der Waals surface area contributed by atoms with Crippen LogP contribution in [0.15, 0.2) is 12.7 Å². The largest absolute Gasteiger partial charge is 0.432 e. The molecular weight excluding hydrogens is 152 g/mol. The first-order chi connectivity index (χ1) is 4.81. The van der Waals surface area contributed by atoms with E-state index in [2.05, 4.69) is 20.4 Å². The molecule has 0 spiro atoms. The maximum atomic E-state index is 9.88. The molecule has 1 N–H and O–H groups in total. The Kier molecular flexibility index (Phi) is 3.52. The lowest BCUT2D eigenvalue weighted by atomic mass is 10.1. The summed E-state index contributed by atoms with van der Waals surface area (Å²) in [5.74, 6) is 0. The van der Waals surface area contributed by atoms with Gasteiger partial charge in [0, 0.05) is 0 Å². The number of rotatable bonds is 4. The van der Waals surface area contributed by atoms with Gasteiger partial charge in [-0.3, -0.25) is 0 Å². The molecular formula is C9H20OSi. The molecule has 0 unspecified atom stereocenters. The van der Waals surface area contributed by atoms with E-state index in [4.69, 9.17) is 0 Å². The molecule has 66 valence electrons. The summed E-state index contributed by atoms with van der Waals surface area (Å²) in [6.45, 7) is 12.0. The van der Waals surface area contributed by atoms with E-state index < -0.39 is 8.32 Å². The van der Waals surface area contributed by atoms with Crippen LogP contribution in [0.4, 0.5) is 0 Å². The minimum Gasteiger partial charge on any atom is -0.432 e. The normalized spacial score (nSPS) is 13.2. The van der Waals surface area contributed by atoms with Crippen molar-refractivity contribution >= 4 is 8.32 Å². The predicted molar refractivity (Wildman–Crippen MR) is 53.2 cm³/mol. The van der Waals surface area contributed by atoms with E-state index in [0.29, 0.717) is 0 Å². The average molecular weight is 172 g/mol. The summed E-state index contributed by atoms with van der Waals surface area (Å²) in [5, 5.41) is 0.112. The Balaban J connectivity index is 4.10. The third kappa shape index (κ3) is 3.21. The summed E-state index contributed by atoms with van der Waals surface area (Å²) in [5.41, 5.74) is 0. The first-order valence-corrected chi connectivity index (χ1v) is 7.09. The van der Waals surface area contributed by atoms with Crippen LogP contribution >= 0.6 is 0 Å². The van der Waals surface area contributed by atoms with Crippen LogP contribution in [-0.2, 0) is 0 Å². The van der Waals surface area contributed by atoms with E-state index in [-0.39, 0.29) is 5.04 Å². The Bertz CT molecular complexity index is 133. The van der Waals surface area contributed by atoms with Crippen molar-refractivity contribution in [3.63, 3.8) is 0 Å². The van der Waals surface area contributed by atoms with Gasteiger partial charge in [-0.25, -0.2) is 0 Å². The topological polar surface area (TPSA) is 20.2 Å². The SMILES string of the molecule is C=CCCC(C)(C)[Si](C)(C)O. The van der Waals surface area contributed by atoms with Gasteiger partial charge in [-0.2, -0.15) is 0 Å². The van der Waals surface area contributed by atoms with Gasteiger partial charge in [0.25, 0.3) is 0 Å². The molecule has 2 heteroatoms. The minimum atomic E-state index is -1.97. The highest BCUT2D eigenvalue weighted by atomic mass is 28.4. The molecule has 0 atom stereocenters. The fourth-order valence-electron chi connectivity index (χ4n) is 0.769. The Morgan fingerprint density at radius 3 is 2.18 bits per heavy atom. The zero-order valence-corrected chi connectivity index (χ0v) is 9.15. The quantitative estimate of drug-likeness (QED) is 0.510. The summed E-state index contributed by atoms with van der Waals surface area (Å²) in [4.78, 5) is 9.88. The van der Waals surface area contributed by atoms with Gasteiger partial charge in [-0.05, 0) is 31.0 Å². The molecule has 0 bridgehead atoms. The van der Waals surface area contributed by atoms with Crippen molar-refractivity contribution in [1.29, 1.82) is 0 Å². The molecule has 1 nitrogen and oxygen atoms in total. The summed E-state index contributed by atoms with van der Waals surface area (Å²) < 4.78 is 0. The van der Waals surface area contributed by atoms with Crippen LogP contribution in [0.5, 0.6) is 0 Å². The first kappa shape index (κ1) is 10.9. The van der Waals surface area contributed by atoms with Crippen LogP contribution in [0.3, 0.4) is 0 Å². The molecule has 0 heterocycles. The van der Waals surface area contributed by atoms with Gasteiger partial charge >= 0.3 is 0 Å². The Morgan fingerprint density at radius 2 is 1.91 bits per heavy atom. The molecule has 0 amide bonds. The maximum Gasteiger partial charge on any atom is 0.188 e. The van der Waals surface area contributed by atoms with Gasteiger partial charge in [0.05, 0.1) is 0 Å². The van der Waals surface area contributed by atoms with E-state index in [1.165, 1.54) is 0 Å². The molecule has 0 aliphatic carbocycles. The molecule has 0 aromatic carbocycles. The van der Waals surface area contributed by atoms with Crippen LogP contribution in [-0.4, -0.2) is 13.1 Å². The zero-order valence-electron chi connectivity index (χ0n) is 8.15. The molecule has 0 saturated heterocycles. The maximum absolute atomic E-state index is 9.88. The predicted octanol–water partition coefficient (Wildman–Crippen LogP) is 2.93. The molecule has 11 heavy (non-hydrogen) atoms. The fraction of sp³-hybridized carbons (Fsp3) is 0.778. The van der Waals surface area contributed by atoms with E-state index in [1.54, 1.807) is 0 Å². The van der Waals surface area contributed by atoms with Crippen molar-refractivity contribution in [2.24, 2.45) is 0 Å². The highest BCUT2D eigenvalue weighted by Crippen LogP contribution is 2.39. The number of allylic oxidation sites excluding steroid dienone is 1. The molecule has 0 radical (unpaired) electrons. The van der Waals surface area contributed by atoms with E-state index in [1.807, 2.05) is 19.2 Å². The van der Waals surface area contributed by atoms with Crippen molar-refractivity contribution in [3.8, 4) is 0 Å². The zero-order chi connectivity index (χ0) is 9.12. The van der Waals surface area contributed by atoms with Gasteiger partial charge in [0.2, 0.25) is 0 Å². The third-order valence-electron chi connectivity index (χ3n) is 2.63. The highest BCUT2D eigenvalue weighted by Gasteiger charge is 2.36. The Hall–Kier alpha value is -0.0831. The monoisotopic (exact) mass is 172 g/mol. The van der Waals surface area contributed by atoms with Gasteiger partial charge in [-0.15, -0.1) is 6.58 Å². The summed E-state index contributed by atoms with van der Waals surface area (Å²) in [6, 6.07) is 0. The standard InChI is InChI=1S/C9H20OSi/c1-6-7-8-9(2,3)11(4,5)10/h6,10H,1,7-8H2,2-5H3. The Labute approximate surface area is 71.3 Å². The van der Waals surface area contributed by atoms with Gasteiger partial charge in [0.1, 0.15) is 0 Å². The number of hydrogen-bond donors (Lipinski definition) is 1. The smallest absolute Gasteiger partial charge is 0.188 e. The van der Waals surface area contributed by atoms with E-state index in [0.717, 1.165) is 12.8 Å². The van der Waals surface area contributed by atoms with Crippen LogP contribution in [0.2, 0.25) is 18.1 Å². The highest BCUT2D eigenvalue weighted by molar-refractivity contribution is 6.72. The van der Waals surface area contributed by atoms with Crippen molar-refractivity contribution < 1.29 is 4.80 Å². The third-order valence-corrected chi connectivity index (χ3v) is 6.19. The van der Waals surface area contributed by atoms with Crippen LogP contribution in [0.25, 0.3) is 0 Å². The lowest BCUT2D eigenvalue weighted by molar-refractivity contribution is 0.453. The van der Waals surface area contributed by atoms with Crippen molar-refractivity contribution in [2.45, 2.75) is 44.8 Å². The van der Waals surface area contributed by atoms with Crippen molar-refractivity contribution in [1.82, 2.24) is 0 Å². The lowest BCUT2D eigenvalue weighted by Crippen LogP contribution is -2.38. The van der Waals surface area contributed by atoms with Crippen LogP contribution < -0.4 is 0 Å². The fourth-order valence-corrected chi connectivity index (χ4v) is 1.52. The second kappa shape index (κ2) is 3.54. The molecule has 0 aromatic heterocycles. The van der Waals surface area contributed by atoms with Crippen LogP contribution in [0.1, 0.15) is 26.7 Å². The van der Waals surface area contributed by atoms with E-state index in [9.17, 15) is 4.80 Å². The van der Waals surface area contributed by atoms with Gasteiger partial charge < -0.3 is 4.80 Å². The molecule has 0 saturated carbocycles. The minimum absolute atomic E-state index is 0.112. The lowest BCUT2D eigenvalue weighted by Gasteiger charge is -2.34. The number of hydrogen-bond acceptors (Lipinski definition) is 1. The summed E-state index contributed by atoms with van der Waals surface area (Å²) in [7, 11) is -1.97. The van der Waals surface area contributed by atoms with Crippen LogP contribution in [0, 0.1) is 0 Å². The molecule has 0 aromatic rings. The second-order valence-corrected chi connectivity index (χ2v) is 8.74. The average Bonchev–Trinajstić information content (AvgIpc) is 1.81. The first-order valence-electron chi connectivity index (χ1n) is 4.14. The van der Waals surface area contributed by atoms with Gasteiger partial charge in [0.15, 0.2) is 8.32 Å². The summed E-state index contributed by atoms with van der Waals surface area (Å²) >= 11 is 0. The second-order valence-electron chi connectivity index (χ2n) is 4.27. The molecule has 0 fully saturated rings. The van der Waals surface area contributed by atoms with Crippen molar-refractivity contribution in [3.05, 3.63) is 12.7 Å². The molecule has 0 rings (SSSR count). The Morgan fingerprint density at radius 1 is 1.45 bits per heavy atom.